The van der Waals surface area contributed by atoms with E-state index in [1.165, 1.54) is 11.9 Å². The minimum absolute atomic E-state index is 0.00211. The van der Waals surface area contributed by atoms with Crippen LogP contribution in [0.1, 0.15) is 81.1 Å². The number of amides is 6. The summed E-state index contributed by atoms with van der Waals surface area (Å²) in [6.07, 6.45) is 1.66. The molecule has 3 unspecified atom stereocenters. The average molecular weight is 596 g/mol. The molecule has 0 aromatic rings. The number of nitrogens with zero attached hydrogens (tertiary/aromatic N) is 1. The molecule has 2 rings (SSSR count). The van der Waals surface area contributed by atoms with Gasteiger partial charge in [-0.05, 0) is 42.4 Å². The lowest BCUT2D eigenvalue weighted by Gasteiger charge is -2.36. The Morgan fingerprint density at radius 3 is 1.95 bits per heavy atom. The number of likely N-dealkylation sites (N-methyl/N-ethyl adjacent to an activating group) is 1. The average Bonchev–Trinajstić information content (AvgIpc) is 3.31. The summed E-state index contributed by atoms with van der Waals surface area (Å²) in [4.78, 5) is 76.8. The summed E-state index contributed by atoms with van der Waals surface area (Å²) in [5.41, 5.74) is 4.48. The van der Waals surface area contributed by atoms with E-state index >= 15 is 0 Å². The van der Waals surface area contributed by atoms with Crippen molar-refractivity contribution in [3.05, 3.63) is 0 Å². The number of carbonyl (C=O) groups excluding carboxylic acids is 6. The second kappa shape index (κ2) is 16.4. The van der Waals surface area contributed by atoms with Crippen molar-refractivity contribution in [2.75, 3.05) is 20.1 Å². The number of urea groups is 1. The van der Waals surface area contributed by atoms with Gasteiger partial charge in [0.2, 0.25) is 17.7 Å². The highest BCUT2D eigenvalue weighted by atomic mass is 16.2. The van der Waals surface area contributed by atoms with Crippen LogP contribution in [0.2, 0.25) is 0 Å². The maximum absolute atomic E-state index is 13.8. The molecule has 0 aromatic heterocycles. The molecule has 1 aliphatic heterocycles. The number of likely N-dealkylation sites (tertiary alicyclic amines) is 1. The van der Waals surface area contributed by atoms with E-state index in [1.54, 1.807) is 20.8 Å². The van der Waals surface area contributed by atoms with Crippen LogP contribution in [0.5, 0.6) is 0 Å². The highest BCUT2D eigenvalue weighted by Gasteiger charge is 2.46. The molecule has 4 atom stereocenters. The minimum atomic E-state index is -1.28. The molecule has 0 aromatic carbocycles. The number of rotatable bonds is 11. The highest BCUT2D eigenvalue weighted by molar-refractivity contribution is 6.37. The van der Waals surface area contributed by atoms with E-state index in [1.807, 2.05) is 13.8 Å². The first-order chi connectivity index (χ1) is 19.4. The first-order valence-corrected chi connectivity index (χ1v) is 14.8. The summed E-state index contributed by atoms with van der Waals surface area (Å²) in [5, 5.41) is 13.1. The van der Waals surface area contributed by atoms with Gasteiger partial charge in [0.25, 0.3) is 11.7 Å². The van der Waals surface area contributed by atoms with Gasteiger partial charge in [0.05, 0.1) is 6.54 Å². The van der Waals surface area contributed by atoms with Crippen LogP contribution in [0.4, 0.5) is 4.79 Å². The molecule has 2 aliphatic rings. The smallest absolute Gasteiger partial charge is 0.315 e. The van der Waals surface area contributed by atoms with Crippen molar-refractivity contribution in [3.63, 3.8) is 0 Å². The van der Waals surface area contributed by atoms with E-state index in [4.69, 9.17) is 5.73 Å². The van der Waals surface area contributed by atoms with Crippen LogP contribution in [0, 0.1) is 23.2 Å². The van der Waals surface area contributed by atoms with Gasteiger partial charge in [-0.15, -0.1) is 0 Å². The van der Waals surface area contributed by atoms with Gasteiger partial charge in [-0.25, -0.2) is 4.79 Å². The number of carbonyl (C=O) groups is 6. The summed E-state index contributed by atoms with van der Waals surface area (Å²) in [5.74, 6) is -2.56. The normalized spacial score (nSPS) is 20.0. The molecule has 1 aliphatic carbocycles. The molecule has 240 valence electrons. The van der Waals surface area contributed by atoms with Crippen LogP contribution in [0.25, 0.3) is 0 Å². The Morgan fingerprint density at radius 1 is 0.952 bits per heavy atom. The molecule has 42 heavy (non-hydrogen) atoms. The van der Waals surface area contributed by atoms with Crippen molar-refractivity contribution in [1.82, 2.24) is 31.5 Å². The van der Waals surface area contributed by atoms with Crippen LogP contribution < -0.4 is 32.3 Å². The molecule has 1 saturated heterocycles. The molecule has 13 heteroatoms. The number of Topliss-reactive ketones (excluding diaryl/α,β-unsaturated/α-hetero) is 1. The summed E-state index contributed by atoms with van der Waals surface area (Å²) in [6, 6.07) is -2.64. The van der Waals surface area contributed by atoms with Crippen molar-refractivity contribution in [3.8, 4) is 0 Å². The van der Waals surface area contributed by atoms with Gasteiger partial charge in [0.15, 0.2) is 0 Å². The van der Waals surface area contributed by atoms with Crippen molar-refractivity contribution in [1.29, 1.82) is 0 Å². The quantitative estimate of drug-likeness (QED) is 0.149. The third-order valence-corrected chi connectivity index (χ3v) is 7.24. The summed E-state index contributed by atoms with van der Waals surface area (Å²) >= 11 is 0. The number of hydrogen-bond acceptors (Lipinski definition) is 7. The van der Waals surface area contributed by atoms with Crippen molar-refractivity contribution >= 4 is 35.4 Å². The Bertz CT molecular complexity index is 971. The van der Waals surface area contributed by atoms with Crippen LogP contribution in [0.3, 0.4) is 0 Å². The maximum atomic E-state index is 13.8. The molecule has 7 N–H and O–H groups in total. The van der Waals surface area contributed by atoms with Gasteiger partial charge in [-0.3, -0.25) is 29.3 Å². The predicted octanol–water partition coefficient (Wildman–Crippen LogP) is 0.621. The third-order valence-electron chi connectivity index (χ3n) is 7.24. The number of nitrogens with two attached hydrogens (primary N) is 1. The van der Waals surface area contributed by atoms with Crippen LogP contribution in [-0.2, 0) is 24.0 Å². The molecule has 6 amide bonds. The third kappa shape index (κ3) is 11.6. The van der Waals surface area contributed by atoms with Gasteiger partial charge in [0.1, 0.15) is 18.2 Å². The van der Waals surface area contributed by atoms with Crippen LogP contribution in [0.15, 0.2) is 0 Å². The Labute approximate surface area is 250 Å². The Morgan fingerprint density at radius 2 is 1.52 bits per heavy atom. The van der Waals surface area contributed by atoms with E-state index < -0.39 is 59.1 Å². The lowest BCUT2D eigenvalue weighted by molar-refractivity contribution is -0.143. The van der Waals surface area contributed by atoms with Gasteiger partial charge >= 0.3 is 6.03 Å². The molecule has 1 heterocycles. The zero-order valence-electron chi connectivity index (χ0n) is 26.8. The predicted molar refractivity (Wildman–Crippen MR) is 160 cm³/mol. The zero-order chi connectivity index (χ0) is 32.4. The van der Waals surface area contributed by atoms with E-state index in [0.29, 0.717) is 6.42 Å². The lowest BCUT2D eigenvalue weighted by atomic mass is 9.85. The number of primary amides is 1. The number of nitrogens with one attached hydrogen (secondary N) is 5. The molecular formula is C29H53N7O6. The second-order valence-electron chi connectivity index (χ2n) is 13.2. The fourth-order valence-corrected chi connectivity index (χ4v) is 4.46. The van der Waals surface area contributed by atoms with E-state index in [2.05, 4.69) is 47.4 Å². The van der Waals surface area contributed by atoms with Crippen molar-refractivity contribution < 1.29 is 28.8 Å². The topological polar surface area (TPSA) is 192 Å². The van der Waals surface area contributed by atoms with Gasteiger partial charge in [0, 0.05) is 19.6 Å². The van der Waals surface area contributed by atoms with Crippen molar-refractivity contribution in [2.24, 2.45) is 28.9 Å². The van der Waals surface area contributed by atoms with Crippen molar-refractivity contribution in [2.45, 2.75) is 105 Å². The van der Waals surface area contributed by atoms with E-state index in [9.17, 15) is 28.8 Å². The van der Waals surface area contributed by atoms with Gasteiger partial charge in [-0.2, -0.15) is 0 Å². The Kier molecular flexibility index (Phi) is 14.4. The largest absolute Gasteiger partial charge is 0.363 e. The molecule has 13 nitrogen and oxygen atoms in total. The molecule has 0 radical (unpaired) electrons. The maximum Gasteiger partial charge on any atom is 0.315 e. The van der Waals surface area contributed by atoms with Crippen LogP contribution in [-0.4, -0.2) is 84.8 Å². The highest BCUT2D eigenvalue weighted by Crippen LogP contribution is 2.32. The molecule has 2 fully saturated rings. The molecule has 0 spiro atoms. The lowest BCUT2D eigenvalue weighted by Crippen LogP contribution is -2.62. The van der Waals surface area contributed by atoms with E-state index in [0.717, 1.165) is 25.2 Å². The SMILES string of the molecule is CC(C)C.CNC(=O)CNC(=O)NC(C(=O)N1C[C@H](C(C)C)CC1C(=O)NC(NC1CCC1)C(=O)C(N)=O)C(C)(C)C. The molecule has 0 bridgehead atoms. The number of hydrogen-bond donors (Lipinski definition) is 6. The Balaban J connectivity index is 0.00000206. The van der Waals surface area contributed by atoms with Crippen LogP contribution >= 0.6 is 0 Å². The monoisotopic (exact) mass is 595 g/mol. The van der Waals surface area contributed by atoms with Gasteiger partial charge in [-0.1, -0.05) is 61.8 Å². The molecule has 1 saturated carbocycles. The summed E-state index contributed by atoms with van der Waals surface area (Å²) in [6.45, 7) is 15.9. The zero-order valence-corrected chi connectivity index (χ0v) is 26.8. The Hall–Kier alpha value is -3.22. The summed E-state index contributed by atoms with van der Waals surface area (Å²) < 4.78 is 0. The molecular weight excluding hydrogens is 542 g/mol. The first kappa shape index (κ1) is 36.8. The fourth-order valence-electron chi connectivity index (χ4n) is 4.46. The minimum Gasteiger partial charge on any atom is -0.363 e. The number of ketones is 1. The van der Waals surface area contributed by atoms with E-state index in [-0.39, 0.29) is 31.0 Å². The summed E-state index contributed by atoms with van der Waals surface area (Å²) in [7, 11) is 1.44. The van der Waals surface area contributed by atoms with Gasteiger partial charge < -0.3 is 31.9 Å². The standard InChI is InChI=1S/C25H43N7O6.C4H10/c1-13(2)14-10-16(22(36)31-21(18(34)20(26)35)29-15-8-7-9-15)32(12-14)23(37)19(25(3,4)5)30-24(38)28-11-17(33)27-6;1-4(2)3/h13-16,19,21,29H,7-12H2,1-6H3,(H2,26,35)(H,27,33)(H,31,36)(H2,28,30,38);4H,1-3H3/t14-,16?,19?,21?;/m1./s1. The first-order valence-electron chi connectivity index (χ1n) is 14.8. The fraction of sp³-hybridized carbons (Fsp3) is 0.793. The second-order valence-corrected chi connectivity index (χ2v) is 13.2.